The number of amides is 2. The van der Waals surface area contributed by atoms with Crippen LogP contribution in [0.25, 0.3) is 0 Å². The average molecular weight is 403 g/mol. The van der Waals surface area contributed by atoms with Crippen LogP contribution >= 0.6 is 11.6 Å². The molecule has 0 atom stereocenters. The number of hydrogen-bond donors (Lipinski definition) is 0. The molecule has 3 rings (SSSR count). The third kappa shape index (κ3) is 4.95. The first-order chi connectivity index (χ1) is 13.6. The van der Waals surface area contributed by atoms with Crippen molar-refractivity contribution >= 4 is 23.6 Å². The van der Waals surface area contributed by atoms with Gasteiger partial charge in [0.1, 0.15) is 12.4 Å². The minimum atomic E-state index is -0.343. The average Bonchev–Trinajstić information content (AvgIpc) is 2.73. The summed E-state index contributed by atoms with van der Waals surface area (Å²) in [5.74, 6) is 0.333. The van der Waals surface area contributed by atoms with Crippen molar-refractivity contribution < 1.29 is 19.1 Å². The quantitative estimate of drug-likeness (QED) is 0.762. The number of nitrogens with zero attached hydrogens (tertiary/aromatic N) is 2. The summed E-state index contributed by atoms with van der Waals surface area (Å²) in [4.78, 5) is 28.2. The van der Waals surface area contributed by atoms with Gasteiger partial charge in [-0.1, -0.05) is 41.9 Å². The monoisotopic (exact) mass is 402 g/mol. The predicted octanol–water partition coefficient (Wildman–Crippen LogP) is 3.83. The Balaban J connectivity index is 1.68. The fourth-order valence-electron chi connectivity index (χ4n) is 3.01. The molecule has 1 aliphatic rings. The molecule has 1 aliphatic heterocycles. The number of carbonyl (C=O) groups is 2. The third-order valence-corrected chi connectivity index (χ3v) is 4.74. The maximum atomic E-state index is 13.0. The molecule has 0 aliphatic carbocycles. The second-order valence-corrected chi connectivity index (χ2v) is 6.83. The lowest BCUT2D eigenvalue weighted by molar-refractivity contribution is 0.0567. The van der Waals surface area contributed by atoms with Crippen LogP contribution in [0.15, 0.2) is 48.5 Å². The summed E-state index contributed by atoms with van der Waals surface area (Å²) >= 11 is 6.12. The van der Waals surface area contributed by atoms with Crippen LogP contribution in [-0.2, 0) is 11.3 Å². The first-order valence-electron chi connectivity index (χ1n) is 9.25. The lowest BCUT2D eigenvalue weighted by Gasteiger charge is -2.34. The Morgan fingerprint density at radius 1 is 1.00 bits per heavy atom. The molecule has 1 saturated heterocycles. The van der Waals surface area contributed by atoms with Crippen LogP contribution in [0.2, 0.25) is 5.02 Å². The second-order valence-electron chi connectivity index (χ2n) is 6.39. The van der Waals surface area contributed by atoms with Gasteiger partial charge in [-0.2, -0.15) is 0 Å². The maximum absolute atomic E-state index is 13.0. The zero-order chi connectivity index (χ0) is 19.9. The largest absolute Gasteiger partial charge is 0.488 e. The molecule has 0 N–H and O–H groups in total. The molecule has 2 amide bonds. The molecular weight excluding hydrogens is 380 g/mol. The molecule has 0 unspecified atom stereocenters. The molecule has 2 aromatic rings. The highest BCUT2D eigenvalue weighted by Gasteiger charge is 2.27. The van der Waals surface area contributed by atoms with Gasteiger partial charge < -0.3 is 19.3 Å². The van der Waals surface area contributed by atoms with Crippen LogP contribution in [0.4, 0.5) is 4.79 Å². The van der Waals surface area contributed by atoms with Crippen molar-refractivity contribution in [2.45, 2.75) is 13.5 Å². The number of ether oxygens (including phenoxy) is 2. The van der Waals surface area contributed by atoms with Gasteiger partial charge >= 0.3 is 6.09 Å². The Morgan fingerprint density at radius 2 is 1.68 bits per heavy atom. The molecule has 2 aromatic carbocycles. The number of hydrogen-bond acceptors (Lipinski definition) is 4. The Kier molecular flexibility index (Phi) is 6.76. The number of piperazine rings is 1. The van der Waals surface area contributed by atoms with E-state index in [4.69, 9.17) is 21.1 Å². The van der Waals surface area contributed by atoms with Crippen LogP contribution in [0.3, 0.4) is 0 Å². The standard InChI is InChI=1S/C21H23ClN2O4/c1-2-27-21(26)24-12-10-23(11-13-24)20(25)18-14-17(22)8-9-19(18)28-15-16-6-4-3-5-7-16/h3-9,14H,2,10-13,15H2,1H3. The van der Waals surface area contributed by atoms with Crippen LogP contribution in [0.1, 0.15) is 22.8 Å². The van der Waals surface area contributed by atoms with Gasteiger partial charge in [0.2, 0.25) is 0 Å². The van der Waals surface area contributed by atoms with Gasteiger partial charge in [-0.15, -0.1) is 0 Å². The van der Waals surface area contributed by atoms with Crippen LogP contribution in [-0.4, -0.2) is 54.6 Å². The van der Waals surface area contributed by atoms with Gasteiger partial charge in [0.25, 0.3) is 5.91 Å². The summed E-state index contributed by atoms with van der Waals surface area (Å²) in [6, 6.07) is 14.8. The molecule has 1 fully saturated rings. The van der Waals surface area contributed by atoms with Gasteiger partial charge in [0.05, 0.1) is 12.2 Å². The molecule has 6 nitrogen and oxygen atoms in total. The molecule has 0 saturated carbocycles. The van der Waals surface area contributed by atoms with E-state index in [1.807, 2.05) is 30.3 Å². The number of benzene rings is 2. The van der Waals surface area contributed by atoms with E-state index < -0.39 is 0 Å². The van der Waals surface area contributed by atoms with Gasteiger partial charge in [-0.05, 0) is 30.7 Å². The Bertz CT molecular complexity index is 820. The summed E-state index contributed by atoms with van der Waals surface area (Å²) in [7, 11) is 0. The van der Waals surface area contributed by atoms with Crippen molar-refractivity contribution in [2.75, 3.05) is 32.8 Å². The van der Waals surface area contributed by atoms with Crippen LogP contribution in [0, 0.1) is 0 Å². The van der Waals surface area contributed by atoms with E-state index in [2.05, 4.69) is 0 Å². The zero-order valence-electron chi connectivity index (χ0n) is 15.8. The van der Waals surface area contributed by atoms with Gasteiger partial charge in [0, 0.05) is 31.2 Å². The Labute approximate surface area is 169 Å². The summed E-state index contributed by atoms with van der Waals surface area (Å²) in [5.41, 5.74) is 1.44. The first-order valence-corrected chi connectivity index (χ1v) is 9.63. The number of rotatable bonds is 5. The van der Waals surface area contributed by atoms with E-state index >= 15 is 0 Å². The molecule has 0 bridgehead atoms. The minimum absolute atomic E-state index is 0.158. The van der Waals surface area contributed by atoms with E-state index in [0.717, 1.165) is 5.56 Å². The minimum Gasteiger partial charge on any atom is -0.488 e. The van der Waals surface area contributed by atoms with Crippen LogP contribution in [0.5, 0.6) is 5.75 Å². The summed E-state index contributed by atoms with van der Waals surface area (Å²) in [5, 5.41) is 0.473. The van der Waals surface area contributed by atoms with E-state index in [9.17, 15) is 9.59 Å². The van der Waals surface area contributed by atoms with E-state index in [-0.39, 0.29) is 12.0 Å². The van der Waals surface area contributed by atoms with E-state index in [0.29, 0.717) is 55.7 Å². The third-order valence-electron chi connectivity index (χ3n) is 4.50. The van der Waals surface area contributed by atoms with Crippen molar-refractivity contribution in [1.82, 2.24) is 9.80 Å². The Morgan fingerprint density at radius 3 is 2.36 bits per heavy atom. The highest BCUT2D eigenvalue weighted by molar-refractivity contribution is 6.31. The molecular formula is C21H23ClN2O4. The summed E-state index contributed by atoms with van der Waals surface area (Å²) in [6.07, 6.45) is -0.343. The van der Waals surface area contributed by atoms with Gasteiger partial charge in [-0.25, -0.2) is 4.79 Å². The fourth-order valence-corrected chi connectivity index (χ4v) is 3.18. The maximum Gasteiger partial charge on any atom is 0.409 e. The SMILES string of the molecule is CCOC(=O)N1CCN(C(=O)c2cc(Cl)ccc2OCc2ccccc2)CC1. The Hall–Kier alpha value is -2.73. The van der Waals surface area contributed by atoms with Crippen molar-refractivity contribution in [3.8, 4) is 5.75 Å². The summed E-state index contributed by atoms with van der Waals surface area (Å²) < 4.78 is 10.9. The lowest BCUT2D eigenvalue weighted by atomic mass is 10.1. The second kappa shape index (κ2) is 9.46. The van der Waals surface area contributed by atoms with E-state index in [1.54, 1.807) is 34.9 Å². The topological polar surface area (TPSA) is 59.1 Å². The lowest BCUT2D eigenvalue weighted by Crippen LogP contribution is -2.50. The van der Waals surface area contributed by atoms with Gasteiger partial charge in [0.15, 0.2) is 0 Å². The number of halogens is 1. The van der Waals surface area contributed by atoms with Crippen molar-refractivity contribution in [2.24, 2.45) is 0 Å². The highest BCUT2D eigenvalue weighted by Crippen LogP contribution is 2.26. The van der Waals surface area contributed by atoms with Crippen molar-refractivity contribution in [3.05, 3.63) is 64.7 Å². The van der Waals surface area contributed by atoms with Gasteiger partial charge in [-0.3, -0.25) is 4.79 Å². The molecule has 0 aromatic heterocycles. The molecule has 1 heterocycles. The van der Waals surface area contributed by atoms with E-state index in [1.165, 1.54) is 0 Å². The highest BCUT2D eigenvalue weighted by atomic mass is 35.5. The van der Waals surface area contributed by atoms with Crippen molar-refractivity contribution in [1.29, 1.82) is 0 Å². The zero-order valence-corrected chi connectivity index (χ0v) is 16.5. The van der Waals surface area contributed by atoms with Crippen molar-refractivity contribution in [3.63, 3.8) is 0 Å². The molecule has 0 spiro atoms. The smallest absolute Gasteiger partial charge is 0.409 e. The predicted molar refractivity (Wildman–Crippen MR) is 107 cm³/mol. The van der Waals surface area contributed by atoms with Crippen LogP contribution < -0.4 is 4.74 Å². The summed E-state index contributed by atoms with van der Waals surface area (Å²) in [6.45, 7) is 4.21. The molecule has 7 heteroatoms. The molecule has 28 heavy (non-hydrogen) atoms. The first kappa shape index (κ1) is 20.0. The molecule has 0 radical (unpaired) electrons. The normalized spacial score (nSPS) is 13.9. The number of carbonyl (C=O) groups excluding carboxylic acids is 2. The fraction of sp³-hybridized carbons (Fsp3) is 0.333. The molecule has 148 valence electrons.